The van der Waals surface area contributed by atoms with Crippen molar-refractivity contribution in [3.8, 4) is 0 Å². The Labute approximate surface area is 174 Å². The summed E-state index contributed by atoms with van der Waals surface area (Å²) in [6, 6.07) is 8.18. The molecule has 7 nitrogen and oxygen atoms in total. The van der Waals surface area contributed by atoms with Crippen LogP contribution in [0.5, 0.6) is 0 Å². The number of aromatic amines is 1. The number of hydrogen-bond donors (Lipinski definition) is 2. The highest BCUT2D eigenvalue weighted by Gasteiger charge is 2.35. The molecule has 2 aliphatic heterocycles. The van der Waals surface area contributed by atoms with Crippen LogP contribution in [0, 0.1) is 0 Å². The molecule has 0 saturated carbocycles. The number of nitrogens with zero attached hydrogens (tertiary/aromatic N) is 2. The van der Waals surface area contributed by atoms with Gasteiger partial charge in [-0.05, 0) is 24.5 Å². The van der Waals surface area contributed by atoms with Gasteiger partial charge < -0.3 is 15.0 Å². The van der Waals surface area contributed by atoms with Crippen LogP contribution in [0.25, 0.3) is 0 Å². The van der Waals surface area contributed by atoms with E-state index in [-0.39, 0.29) is 23.7 Å². The molecule has 1 saturated heterocycles. The van der Waals surface area contributed by atoms with E-state index in [1.165, 1.54) is 4.90 Å². The van der Waals surface area contributed by atoms with Crippen molar-refractivity contribution >= 4 is 23.6 Å². The average molecular weight is 415 g/mol. The van der Waals surface area contributed by atoms with E-state index in [1.54, 1.807) is 25.1 Å². The summed E-state index contributed by atoms with van der Waals surface area (Å²) >= 11 is 1.76. The SMILES string of the molecule is COCCNC(=O)c1cn[nH]c1[C@H]1CCCN(C(=O)[C@H]2CSc3ccccc32)C1. The number of methoxy groups -OCH3 is 1. The number of H-pyrrole nitrogens is 1. The standard InChI is InChI=1S/C21H26N4O3S/c1-28-10-8-22-20(26)16-11-23-24-19(16)14-5-4-9-25(12-14)21(27)17-13-29-18-7-3-2-6-15(17)18/h2-3,6-7,11,14,17H,4-5,8-10,12-13H2,1H3,(H,22,26)(H,23,24)/t14-,17-/m0/s1. The number of aromatic nitrogens is 2. The Hall–Kier alpha value is -2.32. The summed E-state index contributed by atoms with van der Waals surface area (Å²) in [7, 11) is 1.60. The molecular formula is C21H26N4O3S. The first-order valence-electron chi connectivity index (χ1n) is 10.00. The van der Waals surface area contributed by atoms with Crippen LogP contribution < -0.4 is 5.32 Å². The van der Waals surface area contributed by atoms with Crippen LogP contribution in [0.3, 0.4) is 0 Å². The Kier molecular flexibility index (Phi) is 6.20. The number of carbonyl (C=O) groups excluding carboxylic acids is 2. The molecule has 0 spiro atoms. The Morgan fingerprint density at radius 1 is 1.38 bits per heavy atom. The number of ether oxygens (including phenoxy) is 1. The van der Waals surface area contributed by atoms with Crippen molar-refractivity contribution in [2.45, 2.75) is 29.6 Å². The zero-order valence-electron chi connectivity index (χ0n) is 16.5. The maximum absolute atomic E-state index is 13.3. The molecule has 0 unspecified atom stereocenters. The molecule has 4 rings (SSSR count). The van der Waals surface area contributed by atoms with Gasteiger partial charge in [-0.25, -0.2) is 0 Å². The quantitative estimate of drug-likeness (QED) is 0.709. The van der Waals surface area contributed by atoms with E-state index >= 15 is 0 Å². The van der Waals surface area contributed by atoms with Crippen molar-refractivity contribution in [1.29, 1.82) is 0 Å². The average Bonchev–Trinajstić information content (AvgIpc) is 3.41. The minimum absolute atomic E-state index is 0.0754. The second kappa shape index (κ2) is 9.00. The molecule has 2 amide bonds. The molecule has 2 aliphatic rings. The molecule has 3 heterocycles. The number of fused-ring (bicyclic) bond motifs is 1. The number of thioether (sulfide) groups is 1. The normalized spacial score (nSPS) is 21.1. The molecule has 154 valence electrons. The number of benzene rings is 1. The van der Waals surface area contributed by atoms with Gasteiger partial charge in [0.05, 0.1) is 30.0 Å². The number of likely N-dealkylation sites (tertiary alicyclic amines) is 1. The van der Waals surface area contributed by atoms with Gasteiger partial charge in [0.15, 0.2) is 0 Å². The number of nitrogens with one attached hydrogen (secondary N) is 2. The number of rotatable bonds is 6. The van der Waals surface area contributed by atoms with E-state index in [2.05, 4.69) is 27.6 Å². The smallest absolute Gasteiger partial charge is 0.254 e. The molecule has 8 heteroatoms. The topological polar surface area (TPSA) is 87.3 Å². The first-order valence-corrected chi connectivity index (χ1v) is 11.0. The van der Waals surface area contributed by atoms with Gasteiger partial charge in [-0.1, -0.05) is 18.2 Å². The monoisotopic (exact) mass is 414 g/mol. The summed E-state index contributed by atoms with van der Waals surface area (Å²) in [5.74, 6) is 0.848. The van der Waals surface area contributed by atoms with Gasteiger partial charge >= 0.3 is 0 Å². The largest absolute Gasteiger partial charge is 0.383 e. The molecule has 1 fully saturated rings. The summed E-state index contributed by atoms with van der Waals surface area (Å²) in [5, 5.41) is 9.96. The van der Waals surface area contributed by atoms with E-state index < -0.39 is 0 Å². The fraction of sp³-hybridized carbons (Fsp3) is 0.476. The zero-order valence-corrected chi connectivity index (χ0v) is 17.3. The molecule has 1 aromatic heterocycles. The molecule has 1 aromatic carbocycles. The van der Waals surface area contributed by atoms with Crippen molar-refractivity contribution in [3.63, 3.8) is 0 Å². The van der Waals surface area contributed by atoms with E-state index in [9.17, 15) is 9.59 Å². The van der Waals surface area contributed by atoms with Gasteiger partial charge in [0, 0.05) is 43.3 Å². The molecule has 2 atom stereocenters. The third kappa shape index (κ3) is 4.18. The highest BCUT2D eigenvalue weighted by Crippen LogP contribution is 2.41. The second-order valence-corrected chi connectivity index (χ2v) is 8.53. The zero-order chi connectivity index (χ0) is 20.2. The summed E-state index contributed by atoms with van der Waals surface area (Å²) in [6.45, 7) is 2.30. The van der Waals surface area contributed by atoms with Crippen molar-refractivity contribution < 1.29 is 14.3 Å². The van der Waals surface area contributed by atoms with Crippen LogP contribution in [-0.2, 0) is 9.53 Å². The lowest BCUT2D eigenvalue weighted by Gasteiger charge is -2.34. The lowest BCUT2D eigenvalue weighted by atomic mass is 9.90. The van der Waals surface area contributed by atoms with Gasteiger partial charge in [0.2, 0.25) is 5.91 Å². The summed E-state index contributed by atoms with van der Waals surface area (Å²) in [6.07, 6.45) is 3.42. The van der Waals surface area contributed by atoms with Crippen LogP contribution in [0.2, 0.25) is 0 Å². The van der Waals surface area contributed by atoms with Crippen LogP contribution in [0.4, 0.5) is 0 Å². The van der Waals surface area contributed by atoms with E-state index in [1.807, 2.05) is 17.0 Å². The molecular weight excluding hydrogens is 388 g/mol. The van der Waals surface area contributed by atoms with Crippen LogP contribution in [-0.4, -0.2) is 66.0 Å². The third-order valence-corrected chi connectivity index (χ3v) is 6.83. The number of carbonyl (C=O) groups is 2. The molecule has 29 heavy (non-hydrogen) atoms. The van der Waals surface area contributed by atoms with Crippen LogP contribution in [0.15, 0.2) is 35.4 Å². The summed E-state index contributed by atoms with van der Waals surface area (Å²) in [4.78, 5) is 28.9. The Morgan fingerprint density at radius 3 is 3.10 bits per heavy atom. The van der Waals surface area contributed by atoms with Crippen molar-refractivity contribution in [2.75, 3.05) is 39.1 Å². The van der Waals surface area contributed by atoms with E-state index in [4.69, 9.17) is 4.74 Å². The lowest BCUT2D eigenvalue weighted by Crippen LogP contribution is -2.42. The molecule has 2 N–H and O–H groups in total. The fourth-order valence-corrected chi connectivity index (χ4v) is 5.37. The van der Waals surface area contributed by atoms with Gasteiger partial charge in [-0.15, -0.1) is 11.8 Å². The number of piperidine rings is 1. The summed E-state index contributed by atoms with van der Waals surface area (Å²) in [5.41, 5.74) is 2.52. The predicted octanol–water partition coefficient (Wildman–Crippen LogP) is 2.38. The summed E-state index contributed by atoms with van der Waals surface area (Å²) < 4.78 is 4.99. The van der Waals surface area contributed by atoms with Crippen molar-refractivity contribution in [3.05, 3.63) is 47.3 Å². The number of hydrogen-bond acceptors (Lipinski definition) is 5. The minimum atomic E-state index is -0.157. The number of amides is 2. The van der Waals surface area contributed by atoms with Gasteiger partial charge in [0.1, 0.15) is 0 Å². The fourth-order valence-electron chi connectivity index (χ4n) is 4.15. The Balaban J connectivity index is 1.45. The lowest BCUT2D eigenvalue weighted by molar-refractivity contribution is -0.133. The molecule has 0 radical (unpaired) electrons. The molecule has 0 bridgehead atoms. The Bertz CT molecular complexity index is 884. The minimum Gasteiger partial charge on any atom is -0.383 e. The van der Waals surface area contributed by atoms with E-state index in [0.29, 0.717) is 25.3 Å². The van der Waals surface area contributed by atoms with Crippen molar-refractivity contribution in [1.82, 2.24) is 20.4 Å². The van der Waals surface area contributed by atoms with Crippen LogP contribution in [0.1, 0.15) is 46.3 Å². The van der Waals surface area contributed by atoms with Gasteiger partial charge in [0.25, 0.3) is 5.91 Å². The van der Waals surface area contributed by atoms with Crippen LogP contribution >= 0.6 is 11.8 Å². The molecule has 0 aliphatic carbocycles. The first kappa shape index (κ1) is 20.0. The highest BCUT2D eigenvalue weighted by atomic mass is 32.2. The second-order valence-electron chi connectivity index (χ2n) is 7.47. The van der Waals surface area contributed by atoms with E-state index in [0.717, 1.165) is 36.4 Å². The van der Waals surface area contributed by atoms with Crippen molar-refractivity contribution in [2.24, 2.45) is 0 Å². The molecule has 2 aromatic rings. The predicted molar refractivity (Wildman–Crippen MR) is 111 cm³/mol. The Morgan fingerprint density at radius 2 is 2.24 bits per heavy atom. The third-order valence-electron chi connectivity index (χ3n) is 5.64. The van der Waals surface area contributed by atoms with Gasteiger partial charge in [-0.3, -0.25) is 14.7 Å². The maximum atomic E-state index is 13.3. The van der Waals surface area contributed by atoms with Gasteiger partial charge in [-0.2, -0.15) is 5.10 Å². The first-order chi connectivity index (χ1) is 14.2. The maximum Gasteiger partial charge on any atom is 0.254 e. The highest BCUT2D eigenvalue weighted by molar-refractivity contribution is 7.99.